The molecule has 0 unspecified atom stereocenters. The van der Waals surface area contributed by atoms with Crippen LogP contribution in [-0.2, 0) is 9.59 Å². The van der Waals surface area contributed by atoms with Gasteiger partial charge in [-0.25, -0.2) is 0 Å². The molecule has 1 aliphatic carbocycles. The number of rotatable bonds is 3. The molecule has 0 spiro atoms. The maximum Gasteiger partial charge on any atom is 0.310 e. The van der Waals surface area contributed by atoms with Crippen molar-refractivity contribution in [2.45, 2.75) is 45.4 Å². The molecule has 1 heterocycles. The van der Waals surface area contributed by atoms with Gasteiger partial charge in [0.15, 0.2) is 0 Å². The Morgan fingerprint density at radius 3 is 2.56 bits per heavy atom. The lowest BCUT2D eigenvalue weighted by Gasteiger charge is -2.30. The van der Waals surface area contributed by atoms with Crippen LogP contribution in [0.15, 0.2) is 11.6 Å². The largest absolute Gasteiger partial charge is 0.481 e. The third-order valence-electron chi connectivity index (χ3n) is 4.29. The number of carboxylic acid groups (broad SMARTS) is 1. The van der Waals surface area contributed by atoms with E-state index >= 15 is 0 Å². The second-order valence-electron chi connectivity index (χ2n) is 5.61. The first kappa shape index (κ1) is 13.1. The average molecular weight is 251 g/mol. The molecule has 18 heavy (non-hydrogen) atoms. The quantitative estimate of drug-likeness (QED) is 0.782. The molecule has 4 nitrogen and oxygen atoms in total. The zero-order chi connectivity index (χ0) is 13.2. The molecule has 4 heteroatoms. The van der Waals surface area contributed by atoms with Crippen LogP contribution in [0.5, 0.6) is 0 Å². The van der Waals surface area contributed by atoms with Crippen molar-refractivity contribution in [3.05, 3.63) is 11.6 Å². The van der Waals surface area contributed by atoms with E-state index in [1.807, 2.05) is 0 Å². The highest BCUT2D eigenvalue weighted by Gasteiger charge is 2.43. The van der Waals surface area contributed by atoms with Gasteiger partial charge in [0.05, 0.1) is 5.41 Å². The molecule has 0 radical (unpaired) electrons. The number of carbonyl (C=O) groups is 2. The molecule has 1 fully saturated rings. The molecule has 0 saturated heterocycles. The van der Waals surface area contributed by atoms with Gasteiger partial charge >= 0.3 is 5.97 Å². The van der Waals surface area contributed by atoms with E-state index in [4.69, 9.17) is 0 Å². The molecule has 0 atom stereocenters. The Balaban J connectivity index is 2.00. The van der Waals surface area contributed by atoms with Gasteiger partial charge in [0.1, 0.15) is 0 Å². The first-order valence-corrected chi connectivity index (χ1v) is 6.70. The van der Waals surface area contributed by atoms with E-state index < -0.39 is 11.4 Å². The van der Waals surface area contributed by atoms with Crippen LogP contribution in [0.2, 0.25) is 0 Å². The molecule has 1 amide bonds. The summed E-state index contributed by atoms with van der Waals surface area (Å²) in [5, 5.41) is 9.37. The number of amides is 1. The standard InChI is InChI=1S/C14H21NO3/c1-11-4-8-15(9-5-11)12(16)10-14(13(17)18)6-2-3-7-14/h4H,2-3,5-10H2,1H3,(H,17,18). The van der Waals surface area contributed by atoms with Crippen molar-refractivity contribution in [1.29, 1.82) is 0 Å². The number of aliphatic carboxylic acids is 1. The second-order valence-corrected chi connectivity index (χ2v) is 5.61. The summed E-state index contributed by atoms with van der Waals surface area (Å²) in [6.07, 6.45) is 6.30. The molecule has 1 aliphatic heterocycles. The van der Waals surface area contributed by atoms with Gasteiger partial charge in [0.2, 0.25) is 5.91 Å². The highest BCUT2D eigenvalue weighted by Crippen LogP contribution is 2.41. The monoisotopic (exact) mass is 251 g/mol. The predicted molar refractivity (Wildman–Crippen MR) is 68.1 cm³/mol. The molecule has 100 valence electrons. The normalized spacial score (nSPS) is 22.7. The first-order chi connectivity index (χ1) is 8.53. The van der Waals surface area contributed by atoms with Gasteiger partial charge in [-0.05, 0) is 26.2 Å². The maximum absolute atomic E-state index is 12.2. The van der Waals surface area contributed by atoms with E-state index in [0.717, 1.165) is 25.8 Å². The van der Waals surface area contributed by atoms with E-state index in [-0.39, 0.29) is 12.3 Å². The number of hydrogen-bond donors (Lipinski definition) is 1. The fourth-order valence-electron chi connectivity index (χ4n) is 2.92. The minimum atomic E-state index is -0.794. The van der Waals surface area contributed by atoms with Gasteiger partial charge < -0.3 is 10.0 Å². The smallest absolute Gasteiger partial charge is 0.310 e. The number of carbonyl (C=O) groups excluding carboxylic acids is 1. The molecule has 0 aromatic carbocycles. The van der Waals surface area contributed by atoms with Crippen LogP contribution in [0.3, 0.4) is 0 Å². The fraction of sp³-hybridized carbons (Fsp3) is 0.714. The van der Waals surface area contributed by atoms with Gasteiger partial charge in [0.25, 0.3) is 0 Å². The molecular weight excluding hydrogens is 230 g/mol. The van der Waals surface area contributed by atoms with Crippen molar-refractivity contribution in [2.75, 3.05) is 13.1 Å². The van der Waals surface area contributed by atoms with Crippen LogP contribution < -0.4 is 0 Å². The molecule has 2 rings (SSSR count). The Morgan fingerprint density at radius 2 is 2.06 bits per heavy atom. The summed E-state index contributed by atoms with van der Waals surface area (Å²) >= 11 is 0. The predicted octanol–water partition coefficient (Wildman–Crippen LogP) is 2.20. The fourth-order valence-corrected chi connectivity index (χ4v) is 2.92. The summed E-state index contributed by atoms with van der Waals surface area (Å²) in [6, 6.07) is 0. The van der Waals surface area contributed by atoms with Gasteiger partial charge in [-0.2, -0.15) is 0 Å². The second kappa shape index (κ2) is 5.12. The highest BCUT2D eigenvalue weighted by atomic mass is 16.4. The minimum Gasteiger partial charge on any atom is -0.481 e. The van der Waals surface area contributed by atoms with Crippen LogP contribution in [0.25, 0.3) is 0 Å². The van der Waals surface area contributed by atoms with E-state index in [1.165, 1.54) is 5.57 Å². The Hall–Kier alpha value is -1.32. The van der Waals surface area contributed by atoms with Crippen LogP contribution in [-0.4, -0.2) is 35.0 Å². The molecule has 0 aromatic heterocycles. The molecule has 1 saturated carbocycles. The zero-order valence-electron chi connectivity index (χ0n) is 10.9. The lowest BCUT2D eigenvalue weighted by molar-refractivity contribution is -0.153. The topological polar surface area (TPSA) is 57.6 Å². The summed E-state index contributed by atoms with van der Waals surface area (Å²) in [7, 11) is 0. The number of nitrogens with zero attached hydrogens (tertiary/aromatic N) is 1. The number of hydrogen-bond acceptors (Lipinski definition) is 2. The number of carboxylic acids is 1. The third kappa shape index (κ3) is 2.57. The van der Waals surface area contributed by atoms with Crippen molar-refractivity contribution >= 4 is 11.9 Å². The van der Waals surface area contributed by atoms with Crippen molar-refractivity contribution in [1.82, 2.24) is 4.90 Å². The van der Waals surface area contributed by atoms with Gasteiger partial charge in [-0.15, -0.1) is 0 Å². The Bertz CT molecular complexity index is 381. The van der Waals surface area contributed by atoms with Gasteiger partial charge in [-0.3, -0.25) is 9.59 Å². The van der Waals surface area contributed by atoms with Gasteiger partial charge in [-0.1, -0.05) is 24.5 Å². The van der Waals surface area contributed by atoms with Crippen molar-refractivity contribution < 1.29 is 14.7 Å². The SMILES string of the molecule is CC1=CCN(C(=O)CC2(C(=O)O)CCCC2)CC1. The summed E-state index contributed by atoms with van der Waals surface area (Å²) in [4.78, 5) is 25.4. The van der Waals surface area contributed by atoms with Crippen molar-refractivity contribution in [2.24, 2.45) is 5.41 Å². The lowest BCUT2D eigenvalue weighted by atomic mass is 9.82. The van der Waals surface area contributed by atoms with E-state index in [2.05, 4.69) is 13.0 Å². The maximum atomic E-state index is 12.2. The molecule has 0 bridgehead atoms. The third-order valence-corrected chi connectivity index (χ3v) is 4.29. The minimum absolute atomic E-state index is 0.00282. The Kier molecular flexibility index (Phi) is 3.73. The van der Waals surface area contributed by atoms with Gasteiger partial charge in [0, 0.05) is 19.5 Å². The van der Waals surface area contributed by atoms with Crippen LogP contribution >= 0.6 is 0 Å². The van der Waals surface area contributed by atoms with Crippen LogP contribution in [0.1, 0.15) is 45.4 Å². The average Bonchev–Trinajstić information content (AvgIpc) is 2.79. The van der Waals surface area contributed by atoms with Crippen molar-refractivity contribution in [3.8, 4) is 0 Å². The van der Waals surface area contributed by atoms with E-state index in [9.17, 15) is 14.7 Å². The molecule has 0 aromatic rings. The Morgan fingerprint density at radius 1 is 1.39 bits per heavy atom. The molecular formula is C14H21NO3. The van der Waals surface area contributed by atoms with Crippen LogP contribution in [0.4, 0.5) is 0 Å². The van der Waals surface area contributed by atoms with Crippen molar-refractivity contribution in [3.63, 3.8) is 0 Å². The molecule has 2 aliphatic rings. The van der Waals surface area contributed by atoms with Crippen LogP contribution in [0, 0.1) is 5.41 Å². The summed E-state index contributed by atoms with van der Waals surface area (Å²) in [5.74, 6) is -0.792. The lowest BCUT2D eigenvalue weighted by Crippen LogP contribution is -2.40. The zero-order valence-corrected chi connectivity index (χ0v) is 10.9. The summed E-state index contributed by atoms with van der Waals surface area (Å²) in [5.41, 5.74) is 0.528. The van der Waals surface area contributed by atoms with E-state index in [1.54, 1.807) is 4.90 Å². The molecule has 1 N–H and O–H groups in total. The first-order valence-electron chi connectivity index (χ1n) is 6.70. The summed E-state index contributed by atoms with van der Waals surface area (Å²) < 4.78 is 0. The summed E-state index contributed by atoms with van der Waals surface area (Å²) in [6.45, 7) is 3.44. The highest BCUT2D eigenvalue weighted by molar-refractivity contribution is 5.85. The van der Waals surface area contributed by atoms with E-state index in [0.29, 0.717) is 19.4 Å². The Labute approximate surface area is 108 Å².